The molecular weight excluding hydrogens is 397 g/mol. The lowest BCUT2D eigenvalue weighted by Crippen LogP contribution is -2.24. The normalized spacial score (nSPS) is 13.1. The molecule has 4 rings (SSSR count). The van der Waals surface area contributed by atoms with Crippen LogP contribution in [0.4, 0.5) is 4.39 Å². The van der Waals surface area contributed by atoms with Crippen molar-refractivity contribution in [1.82, 2.24) is 15.3 Å². The van der Waals surface area contributed by atoms with Crippen molar-refractivity contribution in [2.24, 2.45) is 5.92 Å². The van der Waals surface area contributed by atoms with Crippen LogP contribution in [0.3, 0.4) is 0 Å². The molecule has 6 nitrogen and oxygen atoms in total. The predicted molar refractivity (Wildman–Crippen MR) is 114 cm³/mol. The molecule has 7 heteroatoms. The fourth-order valence-corrected chi connectivity index (χ4v) is 3.19. The van der Waals surface area contributed by atoms with E-state index in [1.165, 1.54) is 6.07 Å². The van der Waals surface area contributed by atoms with Crippen molar-refractivity contribution in [3.63, 3.8) is 0 Å². The Hall–Kier alpha value is -3.32. The van der Waals surface area contributed by atoms with E-state index in [0.717, 1.165) is 12.8 Å². The number of halogens is 1. The van der Waals surface area contributed by atoms with Crippen LogP contribution in [0.5, 0.6) is 5.88 Å². The summed E-state index contributed by atoms with van der Waals surface area (Å²) in [6.45, 7) is 2.20. The SMILES string of the molecule is Cc1ccc(CNC(=O)c2cc(-c3ncccc3CO)cnc2OCC2CC2)cc1F. The molecule has 0 radical (unpaired) electrons. The minimum absolute atomic E-state index is 0.174. The van der Waals surface area contributed by atoms with Crippen molar-refractivity contribution in [2.45, 2.75) is 32.9 Å². The Balaban J connectivity index is 1.60. The quantitative estimate of drug-likeness (QED) is 0.578. The van der Waals surface area contributed by atoms with E-state index in [2.05, 4.69) is 15.3 Å². The van der Waals surface area contributed by atoms with Gasteiger partial charge in [0.25, 0.3) is 5.91 Å². The maximum atomic E-state index is 13.8. The van der Waals surface area contributed by atoms with Crippen LogP contribution >= 0.6 is 0 Å². The standard InChI is InChI=1S/C24H24FN3O3/c1-15-4-5-17(9-21(15)25)11-27-23(30)20-10-19(22-18(13-29)3-2-8-26-22)12-28-24(20)31-14-16-6-7-16/h2-5,8-10,12,16,29H,6-7,11,13-14H2,1H3,(H,27,30). The van der Waals surface area contributed by atoms with Gasteiger partial charge in [0.05, 0.1) is 18.9 Å². The smallest absolute Gasteiger partial charge is 0.257 e. The second kappa shape index (κ2) is 9.22. The Bertz CT molecular complexity index is 1100. The second-order valence-electron chi connectivity index (χ2n) is 7.77. The molecule has 0 spiro atoms. The summed E-state index contributed by atoms with van der Waals surface area (Å²) in [5, 5.41) is 12.4. The molecule has 1 aliphatic rings. The van der Waals surface area contributed by atoms with Gasteiger partial charge < -0.3 is 15.2 Å². The number of hydrogen-bond donors (Lipinski definition) is 2. The number of hydrogen-bond acceptors (Lipinski definition) is 5. The van der Waals surface area contributed by atoms with Crippen molar-refractivity contribution in [1.29, 1.82) is 0 Å². The molecule has 1 aromatic carbocycles. The lowest BCUT2D eigenvalue weighted by Gasteiger charge is -2.13. The average molecular weight is 421 g/mol. The Morgan fingerprint density at radius 1 is 1.26 bits per heavy atom. The van der Waals surface area contributed by atoms with Crippen LogP contribution in [0.1, 0.15) is 39.9 Å². The molecule has 1 saturated carbocycles. The van der Waals surface area contributed by atoms with E-state index in [0.29, 0.717) is 40.5 Å². The van der Waals surface area contributed by atoms with E-state index in [9.17, 15) is 14.3 Å². The van der Waals surface area contributed by atoms with Crippen molar-refractivity contribution < 1.29 is 19.0 Å². The minimum Gasteiger partial charge on any atom is -0.477 e. The molecule has 31 heavy (non-hydrogen) atoms. The van der Waals surface area contributed by atoms with Crippen molar-refractivity contribution >= 4 is 5.91 Å². The summed E-state index contributed by atoms with van der Waals surface area (Å²) in [5.41, 5.74) is 3.29. The monoisotopic (exact) mass is 421 g/mol. The van der Waals surface area contributed by atoms with Crippen molar-refractivity contribution in [3.05, 3.63) is 76.9 Å². The van der Waals surface area contributed by atoms with Crippen LogP contribution in [-0.4, -0.2) is 27.6 Å². The number of ether oxygens (including phenoxy) is 1. The van der Waals surface area contributed by atoms with Gasteiger partial charge in [0.2, 0.25) is 5.88 Å². The average Bonchev–Trinajstić information content (AvgIpc) is 3.62. The highest BCUT2D eigenvalue weighted by Crippen LogP contribution is 2.31. The molecular formula is C24H24FN3O3. The molecule has 3 aromatic rings. The largest absolute Gasteiger partial charge is 0.477 e. The van der Waals surface area contributed by atoms with Gasteiger partial charge in [0, 0.05) is 30.1 Å². The zero-order valence-corrected chi connectivity index (χ0v) is 17.3. The number of carbonyl (C=O) groups is 1. The highest BCUT2D eigenvalue weighted by atomic mass is 19.1. The minimum atomic E-state index is -0.373. The molecule has 1 fully saturated rings. The number of aromatic nitrogens is 2. The van der Waals surface area contributed by atoms with Crippen LogP contribution < -0.4 is 10.1 Å². The number of aryl methyl sites for hydroxylation is 1. The van der Waals surface area contributed by atoms with Gasteiger partial charge in [-0.15, -0.1) is 0 Å². The Morgan fingerprint density at radius 3 is 2.84 bits per heavy atom. The molecule has 0 bridgehead atoms. The molecule has 0 saturated heterocycles. The van der Waals surface area contributed by atoms with Gasteiger partial charge >= 0.3 is 0 Å². The van der Waals surface area contributed by atoms with Crippen molar-refractivity contribution in [2.75, 3.05) is 6.61 Å². The zero-order chi connectivity index (χ0) is 21.8. The van der Waals surface area contributed by atoms with Crippen LogP contribution in [0, 0.1) is 18.7 Å². The number of aliphatic hydroxyl groups excluding tert-OH is 1. The molecule has 0 unspecified atom stereocenters. The van der Waals surface area contributed by atoms with Crippen LogP contribution in [-0.2, 0) is 13.2 Å². The third kappa shape index (κ3) is 5.06. The number of benzene rings is 1. The first kappa shape index (κ1) is 20.9. The van der Waals surface area contributed by atoms with Gasteiger partial charge in [-0.05, 0) is 55.0 Å². The summed E-state index contributed by atoms with van der Waals surface area (Å²) in [5.74, 6) is 0.0765. The van der Waals surface area contributed by atoms with Crippen LogP contribution in [0.15, 0.2) is 48.8 Å². The molecule has 2 aromatic heterocycles. The number of amides is 1. The van der Waals surface area contributed by atoms with E-state index >= 15 is 0 Å². The van der Waals surface area contributed by atoms with E-state index in [1.54, 1.807) is 49.6 Å². The van der Waals surface area contributed by atoms with Gasteiger partial charge in [-0.2, -0.15) is 0 Å². The Kier molecular flexibility index (Phi) is 6.23. The number of pyridine rings is 2. The molecule has 2 heterocycles. The predicted octanol–water partition coefficient (Wildman–Crippen LogP) is 3.80. The Morgan fingerprint density at radius 2 is 2.10 bits per heavy atom. The highest BCUT2D eigenvalue weighted by molar-refractivity contribution is 5.97. The first-order valence-electron chi connectivity index (χ1n) is 10.3. The molecule has 1 aliphatic carbocycles. The molecule has 2 N–H and O–H groups in total. The lowest BCUT2D eigenvalue weighted by molar-refractivity contribution is 0.0945. The number of aliphatic hydroxyl groups is 1. The van der Waals surface area contributed by atoms with Gasteiger partial charge in [-0.1, -0.05) is 18.2 Å². The maximum Gasteiger partial charge on any atom is 0.257 e. The maximum absolute atomic E-state index is 13.8. The van der Waals surface area contributed by atoms with Crippen LogP contribution in [0.2, 0.25) is 0 Å². The Labute approximate surface area is 180 Å². The highest BCUT2D eigenvalue weighted by Gasteiger charge is 2.24. The van der Waals surface area contributed by atoms with Gasteiger partial charge in [0.1, 0.15) is 11.4 Å². The zero-order valence-electron chi connectivity index (χ0n) is 17.3. The lowest BCUT2D eigenvalue weighted by atomic mass is 10.1. The molecule has 0 atom stereocenters. The second-order valence-corrected chi connectivity index (χ2v) is 7.77. The summed E-state index contributed by atoms with van der Waals surface area (Å²) in [7, 11) is 0. The van der Waals surface area contributed by atoms with Crippen molar-refractivity contribution in [3.8, 4) is 17.1 Å². The summed E-state index contributed by atoms with van der Waals surface area (Å²) in [6, 6.07) is 10.0. The van der Waals surface area contributed by atoms with Gasteiger partial charge in [0.15, 0.2) is 0 Å². The first-order valence-corrected chi connectivity index (χ1v) is 10.3. The van der Waals surface area contributed by atoms with Gasteiger partial charge in [-0.3, -0.25) is 9.78 Å². The third-order valence-corrected chi connectivity index (χ3v) is 5.27. The fourth-order valence-electron chi connectivity index (χ4n) is 3.19. The van der Waals surface area contributed by atoms with E-state index in [1.807, 2.05) is 0 Å². The molecule has 0 aliphatic heterocycles. The molecule has 160 valence electrons. The van der Waals surface area contributed by atoms with E-state index < -0.39 is 0 Å². The van der Waals surface area contributed by atoms with Gasteiger partial charge in [-0.25, -0.2) is 9.37 Å². The summed E-state index contributed by atoms with van der Waals surface area (Å²) in [4.78, 5) is 21.7. The molecule has 1 amide bonds. The first-order chi connectivity index (χ1) is 15.0. The number of carbonyl (C=O) groups excluding carboxylic acids is 1. The summed E-state index contributed by atoms with van der Waals surface area (Å²) >= 11 is 0. The number of rotatable bonds is 8. The number of nitrogens with one attached hydrogen (secondary N) is 1. The van der Waals surface area contributed by atoms with Crippen LogP contribution in [0.25, 0.3) is 11.3 Å². The topological polar surface area (TPSA) is 84.3 Å². The fraction of sp³-hybridized carbons (Fsp3) is 0.292. The van der Waals surface area contributed by atoms with E-state index in [4.69, 9.17) is 4.74 Å². The van der Waals surface area contributed by atoms with E-state index in [-0.39, 0.29) is 36.3 Å². The number of nitrogens with zero attached hydrogens (tertiary/aromatic N) is 2. The summed E-state index contributed by atoms with van der Waals surface area (Å²) < 4.78 is 19.6. The summed E-state index contributed by atoms with van der Waals surface area (Å²) in [6.07, 6.45) is 5.45. The third-order valence-electron chi connectivity index (χ3n) is 5.27.